The Hall–Kier alpha value is -2.46. The van der Waals surface area contributed by atoms with Gasteiger partial charge in [0, 0.05) is 29.3 Å². The number of hydrogen-bond acceptors (Lipinski definition) is 3. The summed E-state index contributed by atoms with van der Waals surface area (Å²) in [7, 11) is 0. The molecular weight excluding hydrogens is 425 g/mol. The van der Waals surface area contributed by atoms with Gasteiger partial charge in [0.1, 0.15) is 5.15 Å². The van der Waals surface area contributed by atoms with Crippen molar-refractivity contribution in [3.05, 3.63) is 94.4 Å². The molecule has 0 bridgehead atoms. The topological polar surface area (TPSA) is 37.8 Å². The highest BCUT2D eigenvalue weighted by atomic mass is 35.5. The fourth-order valence-electron chi connectivity index (χ4n) is 4.73. The van der Waals surface area contributed by atoms with Crippen molar-refractivity contribution >= 4 is 34.1 Å². The average Bonchev–Trinajstić information content (AvgIpc) is 2.82. The largest absolute Gasteiger partial charge is 0.317 e. The third kappa shape index (κ3) is 4.06. The molecule has 5 heteroatoms. The van der Waals surface area contributed by atoms with Gasteiger partial charge in [0.25, 0.3) is 0 Å². The minimum atomic E-state index is 0.270. The van der Waals surface area contributed by atoms with Gasteiger partial charge in [-0.15, -0.1) is 0 Å². The highest BCUT2D eigenvalue weighted by Gasteiger charge is 2.27. The van der Waals surface area contributed by atoms with Crippen LogP contribution < -0.4 is 5.32 Å². The van der Waals surface area contributed by atoms with Crippen molar-refractivity contribution in [2.75, 3.05) is 13.1 Å². The van der Waals surface area contributed by atoms with Gasteiger partial charge in [-0.05, 0) is 66.7 Å². The first kappa shape index (κ1) is 20.4. The molecular formula is C26H23Cl2N3. The molecule has 0 spiro atoms. The number of halogens is 2. The van der Waals surface area contributed by atoms with Crippen molar-refractivity contribution in [2.24, 2.45) is 5.92 Å². The maximum Gasteiger partial charge on any atom is 0.139 e. The maximum atomic E-state index is 6.94. The molecule has 31 heavy (non-hydrogen) atoms. The zero-order valence-corrected chi connectivity index (χ0v) is 18.6. The number of aromatic nitrogens is 2. The van der Waals surface area contributed by atoms with E-state index in [0.29, 0.717) is 16.1 Å². The van der Waals surface area contributed by atoms with E-state index >= 15 is 0 Å². The van der Waals surface area contributed by atoms with Crippen LogP contribution in [-0.2, 0) is 0 Å². The van der Waals surface area contributed by atoms with Gasteiger partial charge in [-0.2, -0.15) is 0 Å². The molecule has 4 aromatic rings. The monoisotopic (exact) mass is 447 g/mol. The molecule has 156 valence electrons. The Bertz CT molecular complexity index is 1190. The van der Waals surface area contributed by atoms with Crippen LogP contribution >= 0.6 is 23.2 Å². The quantitative estimate of drug-likeness (QED) is 0.352. The third-order valence-electron chi connectivity index (χ3n) is 6.22. The smallest absolute Gasteiger partial charge is 0.139 e. The minimum Gasteiger partial charge on any atom is -0.317 e. The summed E-state index contributed by atoms with van der Waals surface area (Å²) in [5, 5.41) is 5.50. The lowest BCUT2D eigenvalue weighted by molar-refractivity contribution is 0.342. The van der Waals surface area contributed by atoms with Crippen LogP contribution in [0.5, 0.6) is 0 Å². The molecule has 0 saturated carbocycles. The highest BCUT2D eigenvalue weighted by Crippen LogP contribution is 2.42. The van der Waals surface area contributed by atoms with Gasteiger partial charge in [-0.1, -0.05) is 65.7 Å². The van der Waals surface area contributed by atoms with E-state index in [1.165, 1.54) is 11.1 Å². The van der Waals surface area contributed by atoms with Crippen LogP contribution in [0, 0.1) is 5.92 Å². The second-order valence-corrected chi connectivity index (χ2v) is 8.82. The van der Waals surface area contributed by atoms with Crippen LogP contribution in [0.3, 0.4) is 0 Å². The van der Waals surface area contributed by atoms with Crippen molar-refractivity contribution in [1.82, 2.24) is 15.3 Å². The minimum absolute atomic E-state index is 0.270. The summed E-state index contributed by atoms with van der Waals surface area (Å²) in [4.78, 5) is 9.06. The Balaban J connectivity index is 1.66. The summed E-state index contributed by atoms with van der Waals surface area (Å²) in [6, 6.07) is 20.6. The zero-order valence-electron chi connectivity index (χ0n) is 17.1. The van der Waals surface area contributed by atoms with Gasteiger partial charge in [0.15, 0.2) is 0 Å². The Labute approximate surface area is 192 Å². The van der Waals surface area contributed by atoms with E-state index in [2.05, 4.69) is 33.5 Å². The predicted octanol–water partition coefficient (Wildman–Crippen LogP) is 6.74. The predicted molar refractivity (Wildman–Crippen MR) is 129 cm³/mol. The third-order valence-corrected chi connectivity index (χ3v) is 6.89. The summed E-state index contributed by atoms with van der Waals surface area (Å²) < 4.78 is 0. The molecule has 0 amide bonds. The van der Waals surface area contributed by atoms with E-state index in [-0.39, 0.29) is 5.92 Å². The molecule has 0 aliphatic carbocycles. The highest BCUT2D eigenvalue weighted by molar-refractivity contribution is 6.42. The standard InChI is InChI=1S/C26H23Cl2N3/c27-25-21-15-19(23(18-10-13-29-14-11-18)20-7-4-12-30-16-20)8-9-22(21)31-26(28)24(25)17-5-2-1-3-6-17/h1-9,12,15-16,18,23,29H,10-11,13-14H2. The Morgan fingerprint density at radius 3 is 2.45 bits per heavy atom. The van der Waals surface area contributed by atoms with Crippen molar-refractivity contribution in [3.8, 4) is 11.1 Å². The summed E-state index contributed by atoms with van der Waals surface area (Å²) in [6.45, 7) is 2.09. The lowest BCUT2D eigenvalue weighted by atomic mass is 9.76. The first-order chi connectivity index (χ1) is 15.2. The normalized spacial score (nSPS) is 15.8. The number of benzene rings is 2. The van der Waals surface area contributed by atoms with Crippen LogP contribution in [0.4, 0.5) is 0 Å². The molecule has 2 aromatic carbocycles. The Morgan fingerprint density at radius 2 is 1.71 bits per heavy atom. The molecule has 1 atom stereocenters. The van der Waals surface area contributed by atoms with E-state index < -0.39 is 0 Å². The average molecular weight is 448 g/mol. The van der Waals surface area contributed by atoms with Gasteiger partial charge in [0.2, 0.25) is 0 Å². The molecule has 2 aromatic heterocycles. The number of nitrogens with one attached hydrogen (secondary N) is 1. The number of pyridine rings is 2. The molecule has 1 fully saturated rings. The summed E-state index contributed by atoms with van der Waals surface area (Å²) in [5.74, 6) is 0.822. The molecule has 1 saturated heterocycles. The van der Waals surface area contributed by atoms with Crippen LogP contribution in [0.2, 0.25) is 10.2 Å². The number of fused-ring (bicyclic) bond motifs is 1. The molecule has 0 radical (unpaired) electrons. The van der Waals surface area contributed by atoms with E-state index in [1.54, 1.807) is 0 Å². The van der Waals surface area contributed by atoms with Crippen molar-refractivity contribution in [1.29, 1.82) is 0 Å². The molecule has 1 N–H and O–H groups in total. The van der Waals surface area contributed by atoms with Crippen LogP contribution in [0.15, 0.2) is 73.1 Å². The van der Waals surface area contributed by atoms with E-state index in [4.69, 9.17) is 23.2 Å². The fraction of sp³-hybridized carbons (Fsp3) is 0.231. The summed E-state index contributed by atoms with van der Waals surface area (Å²) in [5.41, 5.74) is 5.06. The van der Waals surface area contributed by atoms with E-state index in [9.17, 15) is 0 Å². The Kier molecular flexibility index (Phi) is 5.91. The van der Waals surface area contributed by atoms with Crippen LogP contribution in [0.1, 0.15) is 29.9 Å². The number of rotatable bonds is 4. The van der Waals surface area contributed by atoms with Gasteiger partial charge in [-0.3, -0.25) is 4.98 Å². The van der Waals surface area contributed by atoms with Crippen molar-refractivity contribution in [2.45, 2.75) is 18.8 Å². The SMILES string of the molecule is Clc1nc2ccc(C(c3cccnc3)C3CCNCC3)cc2c(Cl)c1-c1ccccc1. The number of hydrogen-bond donors (Lipinski definition) is 1. The van der Waals surface area contributed by atoms with E-state index in [1.807, 2.05) is 54.9 Å². The Morgan fingerprint density at radius 1 is 0.903 bits per heavy atom. The van der Waals surface area contributed by atoms with E-state index in [0.717, 1.165) is 48.0 Å². The second-order valence-electron chi connectivity index (χ2n) is 8.09. The molecule has 5 rings (SSSR count). The van der Waals surface area contributed by atoms with Crippen LogP contribution in [0.25, 0.3) is 22.0 Å². The molecule has 1 unspecified atom stereocenters. The molecule has 3 nitrogen and oxygen atoms in total. The summed E-state index contributed by atoms with van der Waals surface area (Å²) >= 11 is 13.5. The summed E-state index contributed by atoms with van der Waals surface area (Å²) in [6.07, 6.45) is 6.10. The maximum absolute atomic E-state index is 6.94. The van der Waals surface area contributed by atoms with Crippen LogP contribution in [-0.4, -0.2) is 23.1 Å². The molecule has 1 aliphatic rings. The number of piperidine rings is 1. The van der Waals surface area contributed by atoms with Gasteiger partial charge < -0.3 is 5.32 Å². The second kappa shape index (κ2) is 8.96. The first-order valence-corrected chi connectivity index (χ1v) is 11.4. The lowest BCUT2D eigenvalue weighted by Crippen LogP contribution is -2.31. The van der Waals surface area contributed by atoms with Crippen molar-refractivity contribution in [3.63, 3.8) is 0 Å². The first-order valence-electron chi connectivity index (χ1n) is 10.7. The van der Waals surface area contributed by atoms with Gasteiger partial charge >= 0.3 is 0 Å². The molecule has 3 heterocycles. The van der Waals surface area contributed by atoms with Gasteiger partial charge in [-0.25, -0.2) is 4.98 Å². The lowest BCUT2D eigenvalue weighted by Gasteiger charge is -2.31. The van der Waals surface area contributed by atoms with Gasteiger partial charge in [0.05, 0.1) is 10.5 Å². The van der Waals surface area contributed by atoms with Crippen molar-refractivity contribution < 1.29 is 0 Å². The fourth-order valence-corrected chi connectivity index (χ4v) is 5.43. The number of nitrogens with zero attached hydrogens (tertiary/aromatic N) is 2. The zero-order chi connectivity index (χ0) is 21.2. The molecule has 1 aliphatic heterocycles.